The quantitative estimate of drug-likeness (QED) is 0.852. The number of thiophene rings is 1. The number of methoxy groups -OCH3 is 2. The van der Waals surface area contributed by atoms with Crippen molar-refractivity contribution in [3.05, 3.63) is 40.6 Å². The van der Waals surface area contributed by atoms with E-state index in [2.05, 4.69) is 11.4 Å². The van der Waals surface area contributed by atoms with Crippen molar-refractivity contribution in [2.24, 2.45) is 0 Å². The molecule has 118 valence electrons. The predicted molar refractivity (Wildman–Crippen MR) is 88.8 cm³/mol. The number of anilines is 1. The van der Waals surface area contributed by atoms with Crippen LogP contribution in [0.15, 0.2) is 35.7 Å². The monoisotopic (exact) mass is 320 g/mol. The Balaban J connectivity index is 1.94. The lowest BCUT2D eigenvalue weighted by Crippen LogP contribution is -2.29. The smallest absolute Gasteiger partial charge is 0.238 e. The highest BCUT2D eigenvalue weighted by Gasteiger charge is 2.11. The van der Waals surface area contributed by atoms with Crippen LogP contribution in [0.25, 0.3) is 0 Å². The molecule has 0 aliphatic carbocycles. The molecule has 5 nitrogen and oxygen atoms in total. The number of ether oxygens (including phenoxy) is 2. The van der Waals surface area contributed by atoms with Gasteiger partial charge in [0.25, 0.3) is 0 Å². The van der Waals surface area contributed by atoms with Gasteiger partial charge in [-0.15, -0.1) is 11.3 Å². The van der Waals surface area contributed by atoms with Crippen LogP contribution >= 0.6 is 11.3 Å². The van der Waals surface area contributed by atoms with Crippen LogP contribution in [0.1, 0.15) is 4.88 Å². The van der Waals surface area contributed by atoms with Crippen molar-refractivity contribution in [1.29, 1.82) is 0 Å². The van der Waals surface area contributed by atoms with Crippen molar-refractivity contribution in [2.75, 3.05) is 33.1 Å². The highest BCUT2D eigenvalue weighted by atomic mass is 32.1. The Morgan fingerprint density at radius 1 is 1.27 bits per heavy atom. The minimum absolute atomic E-state index is 0.0810. The van der Waals surface area contributed by atoms with Crippen molar-refractivity contribution in [2.45, 2.75) is 6.54 Å². The van der Waals surface area contributed by atoms with Gasteiger partial charge in [-0.05, 0) is 30.6 Å². The number of nitrogens with one attached hydrogen (secondary N) is 1. The number of benzene rings is 1. The third-order valence-electron chi connectivity index (χ3n) is 3.10. The first kappa shape index (κ1) is 16.3. The van der Waals surface area contributed by atoms with E-state index >= 15 is 0 Å². The van der Waals surface area contributed by atoms with Gasteiger partial charge in [-0.3, -0.25) is 9.69 Å². The SMILES string of the molecule is COc1ccc(NC(=O)CN(C)Cc2cccs2)c(OC)c1. The summed E-state index contributed by atoms with van der Waals surface area (Å²) in [6.45, 7) is 1.07. The van der Waals surface area contributed by atoms with Gasteiger partial charge in [0, 0.05) is 17.5 Å². The predicted octanol–water partition coefficient (Wildman–Crippen LogP) is 2.84. The first-order valence-corrected chi connectivity index (χ1v) is 7.73. The summed E-state index contributed by atoms with van der Waals surface area (Å²) >= 11 is 1.69. The van der Waals surface area contributed by atoms with E-state index in [0.717, 1.165) is 6.54 Å². The van der Waals surface area contributed by atoms with Crippen molar-refractivity contribution >= 4 is 22.9 Å². The van der Waals surface area contributed by atoms with Gasteiger partial charge in [0.15, 0.2) is 0 Å². The number of rotatable bonds is 7. The minimum atomic E-state index is -0.0810. The lowest BCUT2D eigenvalue weighted by Gasteiger charge is -2.16. The zero-order valence-electron chi connectivity index (χ0n) is 13.0. The van der Waals surface area contributed by atoms with Gasteiger partial charge < -0.3 is 14.8 Å². The molecule has 0 atom stereocenters. The van der Waals surface area contributed by atoms with E-state index in [1.807, 2.05) is 23.4 Å². The van der Waals surface area contributed by atoms with Crippen LogP contribution in [-0.2, 0) is 11.3 Å². The molecule has 2 rings (SSSR count). The number of hydrogen-bond donors (Lipinski definition) is 1. The molecular weight excluding hydrogens is 300 g/mol. The molecule has 1 aromatic carbocycles. The van der Waals surface area contributed by atoms with Crippen molar-refractivity contribution in [1.82, 2.24) is 4.90 Å². The first-order valence-electron chi connectivity index (χ1n) is 6.85. The molecule has 2 aromatic rings. The summed E-state index contributed by atoms with van der Waals surface area (Å²) in [7, 11) is 5.07. The van der Waals surface area contributed by atoms with Crippen LogP contribution in [0.5, 0.6) is 11.5 Å². The molecule has 6 heteroatoms. The summed E-state index contributed by atoms with van der Waals surface area (Å²) in [5.74, 6) is 1.18. The molecule has 0 aliphatic heterocycles. The van der Waals surface area contributed by atoms with Gasteiger partial charge in [0.2, 0.25) is 5.91 Å². The lowest BCUT2D eigenvalue weighted by atomic mass is 10.2. The number of likely N-dealkylation sites (N-methyl/N-ethyl adjacent to an activating group) is 1. The maximum absolute atomic E-state index is 12.1. The van der Waals surface area contributed by atoms with Crippen molar-refractivity contribution in [3.8, 4) is 11.5 Å². The molecule has 0 saturated heterocycles. The summed E-state index contributed by atoms with van der Waals surface area (Å²) in [6, 6.07) is 9.37. The van der Waals surface area contributed by atoms with Crippen LogP contribution in [0.2, 0.25) is 0 Å². The number of amides is 1. The maximum Gasteiger partial charge on any atom is 0.238 e. The number of hydrogen-bond acceptors (Lipinski definition) is 5. The molecule has 1 aromatic heterocycles. The van der Waals surface area contributed by atoms with Gasteiger partial charge in [-0.2, -0.15) is 0 Å². The molecule has 0 bridgehead atoms. The zero-order valence-corrected chi connectivity index (χ0v) is 13.8. The largest absolute Gasteiger partial charge is 0.497 e. The summed E-state index contributed by atoms with van der Waals surface area (Å²) < 4.78 is 10.4. The molecule has 1 amide bonds. The average molecular weight is 320 g/mol. The summed E-state index contributed by atoms with van der Waals surface area (Å²) in [5, 5.41) is 4.90. The minimum Gasteiger partial charge on any atom is -0.497 e. The van der Waals surface area contributed by atoms with E-state index in [0.29, 0.717) is 23.7 Å². The highest BCUT2D eigenvalue weighted by molar-refractivity contribution is 7.09. The molecule has 1 heterocycles. The molecule has 0 fully saturated rings. The third kappa shape index (κ3) is 4.47. The fourth-order valence-corrected chi connectivity index (χ4v) is 2.85. The molecule has 0 saturated carbocycles. The fourth-order valence-electron chi connectivity index (χ4n) is 2.06. The Morgan fingerprint density at radius 2 is 2.09 bits per heavy atom. The summed E-state index contributed by atoms with van der Waals surface area (Å²) in [5.41, 5.74) is 0.637. The Labute approximate surface area is 134 Å². The van der Waals surface area contributed by atoms with Crippen LogP contribution < -0.4 is 14.8 Å². The number of carbonyl (C=O) groups excluding carboxylic acids is 1. The Morgan fingerprint density at radius 3 is 2.73 bits per heavy atom. The van der Waals surface area contributed by atoms with E-state index in [-0.39, 0.29) is 5.91 Å². The van der Waals surface area contributed by atoms with Gasteiger partial charge in [0.1, 0.15) is 11.5 Å². The van der Waals surface area contributed by atoms with E-state index < -0.39 is 0 Å². The van der Waals surface area contributed by atoms with Gasteiger partial charge >= 0.3 is 0 Å². The van der Waals surface area contributed by atoms with E-state index in [1.165, 1.54) is 4.88 Å². The van der Waals surface area contributed by atoms with E-state index in [9.17, 15) is 4.79 Å². The van der Waals surface area contributed by atoms with Crippen LogP contribution in [-0.4, -0.2) is 38.6 Å². The average Bonchev–Trinajstić information content (AvgIpc) is 3.00. The van der Waals surface area contributed by atoms with Gasteiger partial charge in [-0.25, -0.2) is 0 Å². The van der Waals surface area contributed by atoms with Gasteiger partial charge in [0.05, 0.1) is 26.5 Å². The Kier molecular flexibility index (Phi) is 5.80. The van der Waals surface area contributed by atoms with Crippen LogP contribution in [0, 0.1) is 0 Å². The lowest BCUT2D eigenvalue weighted by molar-refractivity contribution is -0.117. The molecule has 0 unspecified atom stereocenters. The standard InChI is InChI=1S/C16H20N2O3S/c1-18(10-13-5-4-8-22-13)11-16(19)17-14-7-6-12(20-2)9-15(14)21-3/h4-9H,10-11H2,1-3H3,(H,17,19). The van der Waals surface area contributed by atoms with E-state index in [4.69, 9.17) is 9.47 Å². The summed E-state index contributed by atoms with van der Waals surface area (Å²) in [4.78, 5) is 15.3. The summed E-state index contributed by atoms with van der Waals surface area (Å²) in [6.07, 6.45) is 0. The van der Waals surface area contributed by atoms with Crippen LogP contribution in [0.3, 0.4) is 0 Å². The van der Waals surface area contributed by atoms with E-state index in [1.54, 1.807) is 43.8 Å². The molecule has 0 spiro atoms. The fraction of sp³-hybridized carbons (Fsp3) is 0.312. The molecule has 0 aliphatic rings. The topological polar surface area (TPSA) is 50.8 Å². The van der Waals surface area contributed by atoms with Crippen molar-refractivity contribution < 1.29 is 14.3 Å². The van der Waals surface area contributed by atoms with Crippen molar-refractivity contribution in [3.63, 3.8) is 0 Å². The second-order valence-electron chi connectivity index (χ2n) is 4.87. The highest BCUT2D eigenvalue weighted by Crippen LogP contribution is 2.28. The normalized spacial score (nSPS) is 10.5. The number of nitrogens with zero attached hydrogens (tertiary/aromatic N) is 1. The van der Waals surface area contributed by atoms with Gasteiger partial charge in [-0.1, -0.05) is 6.07 Å². The molecule has 1 N–H and O–H groups in total. The first-order chi connectivity index (χ1) is 10.6. The second kappa shape index (κ2) is 7.82. The zero-order chi connectivity index (χ0) is 15.9. The molecular formula is C16H20N2O3S. The maximum atomic E-state index is 12.1. The molecule has 22 heavy (non-hydrogen) atoms. The molecule has 0 radical (unpaired) electrons. The Hall–Kier alpha value is -2.05. The Bertz CT molecular complexity index is 614. The van der Waals surface area contributed by atoms with Crippen LogP contribution in [0.4, 0.5) is 5.69 Å². The third-order valence-corrected chi connectivity index (χ3v) is 3.96. The second-order valence-corrected chi connectivity index (χ2v) is 5.90. The number of carbonyl (C=O) groups is 1.